The molecule has 19 heavy (non-hydrogen) atoms. The van der Waals surface area contributed by atoms with Crippen LogP contribution >= 0.6 is 11.6 Å². The number of hydrogen-bond donors (Lipinski definition) is 0. The lowest BCUT2D eigenvalue weighted by Crippen LogP contribution is -2.29. The topological polar surface area (TPSA) is 0 Å². The van der Waals surface area contributed by atoms with Gasteiger partial charge < -0.3 is 0 Å². The molecular formula is C18H35Cl. The van der Waals surface area contributed by atoms with Gasteiger partial charge in [0.2, 0.25) is 0 Å². The summed E-state index contributed by atoms with van der Waals surface area (Å²) in [5, 5.41) is 0. The molecule has 0 N–H and O–H groups in total. The Kier molecular flexibility index (Phi) is 9.20. The van der Waals surface area contributed by atoms with Crippen molar-refractivity contribution in [2.45, 2.75) is 97.3 Å². The molecule has 0 aromatic carbocycles. The van der Waals surface area contributed by atoms with Gasteiger partial charge in [-0.1, -0.05) is 65.2 Å². The van der Waals surface area contributed by atoms with Gasteiger partial charge in [-0.15, -0.1) is 11.6 Å². The third-order valence-electron chi connectivity index (χ3n) is 5.23. The Bertz CT molecular complexity index is 198. The maximum absolute atomic E-state index is 6.33. The summed E-state index contributed by atoms with van der Waals surface area (Å²) in [6, 6.07) is 0. The lowest BCUT2D eigenvalue weighted by Gasteiger charge is -2.39. The smallest absolute Gasteiger partial charge is 0.0280 e. The molecule has 114 valence electrons. The van der Waals surface area contributed by atoms with Gasteiger partial charge in [0, 0.05) is 5.88 Å². The lowest BCUT2D eigenvalue weighted by atomic mass is 9.68. The molecule has 0 heterocycles. The molecule has 1 aliphatic carbocycles. The SMILES string of the molecule is CCCCCCCC1(CCl)CCC(CCCC)CC1. The van der Waals surface area contributed by atoms with Crippen molar-refractivity contribution in [3.05, 3.63) is 0 Å². The van der Waals surface area contributed by atoms with Gasteiger partial charge in [0.25, 0.3) is 0 Å². The van der Waals surface area contributed by atoms with Crippen molar-refractivity contribution in [1.29, 1.82) is 0 Å². The fraction of sp³-hybridized carbons (Fsp3) is 1.00. The molecule has 0 unspecified atom stereocenters. The van der Waals surface area contributed by atoms with E-state index in [1.165, 1.54) is 83.5 Å². The second kappa shape index (κ2) is 10.1. The number of alkyl halides is 1. The normalized spacial score (nSPS) is 27.6. The molecule has 0 radical (unpaired) electrons. The minimum atomic E-state index is 0.510. The Labute approximate surface area is 126 Å². The van der Waals surface area contributed by atoms with Crippen LogP contribution in [0.25, 0.3) is 0 Å². The molecule has 1 fully saturated rings. The molecule has 1 saturated carbocycles. The Morgan fingerprint density at radius 2 is 1.53 bits per heavy atom. The Morgan fingerprint density at radius 3 is 2.11 bits per heavy atom. The second-order valence-electron chi connectivity index (χ2n) is 6.88. The van der Waals surface area contributed by atoms with E-state index in [0.717, 1.165) is 11.8 Å². The lowest BCUT2D eigenvalue weighted by molar-refractivity contribution is 0.150. The summed E-state index contributed by atoms with van der Waals surface area (Å²) in [5.41, 5.74) is 0.510. The molecule has 0 aromatic rings. The molecule has 0 bridgehead atoms. The zero-order chi connectivity index (χ0) is 14.0. The molecule has 0 amide bonds. The summed E-state index contributed by atoms with van der Waals surface area (Å²) in [4.78, 5) is 0. The van der Waals surface area contributed by atoms with Gasteiger partial charge >= 0.3 is 0 Å². The highest BCUT2D eigenvalue weighted by atomic mass is 35.5. The first kappa shape index (κ1) is 17.3. The van der Waals surface area contributed by atoms with E-state index in [4.69, 9.17) is 11.6 Å². The van der Waals surface area contributed by atoms with E-state index in [1.54, 1.807) is 0 Å². The molecule has 0 saturated heterocycles. The maximum atomic E-state index is 6.33. The molecule has 0 aliphatic heterocycles. The molecule has 1 rings (SSSR count). The zero-order valence-electron chi connectivity index (χ0n) is 13.4. The summed E-state index contributed by atoms with van der Waals surface area (Å²) < 4.78 is 0. The van der Waals surface area contributed by atoms with Crippen molar-refractivity contribution >= 4 is 11.6 Å². The van der Waals surface area contributed by atoms with Gasteiger partial charge in [-0.25, -0.2) is 0 Å². The van der Waals surface area contributed by atoms with E-state index < -0.39 is 0 Å². The third-order valence-corrected chi connectivity index (χ3v) is 5.79. The third kappa shape index (κ3) is 6.52. The van der Waals surface area contributed by atoms with Gasteiger partial charge in [-0.3, -0.25) is 0 Å². The quantitative estimate of drug-likeness (QED) is 0.301. The van der Waals surface area contributed by atoms with Crippen molar-refractivity contribution in [3.8, 4) is 0 Å². The van der Waals surface area contributed by atoms with Crippen LogP contribution in [0, 0.1) is 11.3 Å². The van der Waals surface area contributed by atoms with Crippen LogP contribution < -0.4 is 0 Å². The van der Waals surface area contributed by atoms with Crippen LogP contribution in [0.2, 0.25) is 0 Å². The van der Waals surface area contributed by atoms with Crippen molar-refractivity contribution in [1.82, 2.24) is 0 Å². The predicted molar refractivity (Wildman–Crippen MR) is 88.0 cm³/mol. The fourth-order valence-corrected chi connectivity index (χ4v) is 4.03. The van der Waals surface area contributed by atoms with Crippen LogP contribution in [0.4, 0.5) is 0 Å². The van der Waals surface area contributed by atoms with Crippen LogP contribution in [-0.2, 0) is 0 Å². The highest BCUT2D eigenvalue weighted by Crippen LogP contribution is 2.44. The zero-order valence-corrected chi connectivity index (χ0v) is 14.1. The number of hydrogen-bond acceptors (Lipinski definition) is 0. The maximum Gasteiger partial charge on any atom is 0.0280 e. The number of unbranched alkanes of at least 4 members (excludes halogenated alkanes) is 5. The average molecular weight is 287 g/mol. The molecule has 1 aliphatic rings. The van der Waals surface area contributed by atoms with Gasteiger partial charge in [0.15, 0.2) is 0 Å². The average Bonchev–Trinajstić information content (AvgIpc) is 2.46. The van der Waals surface area contributed by atoms with Crippen LogP contribution in [0.15, 0.2) is 0 Å². The summed E-state index contributed by atoms with van der Waals surface area (Å²) in [7, 11) is 0. The summed E-state index contributed by atoms with van der Waals surface area (Å²) in [5.74, 6) is 1.91. The molecular weight excluding hydrogens is 252 g/mol. The van der Waals surface area contributed by atoms with Crippen LogP contribution in [0.5, 0.6) is 0 Å². The van der Waals surface area contributed by atoms with Crippen LogP contribution in [-0.4, -0.2) is 5.88 Å². The molecule has 0 spiro atoms. The van der Waals surface area contributed by atoms with Gasteiger partial charge in [-0.2, -0.15) is 0 Å². The van der Waals surface area contributed by atoms with Crippen LogP contribution in [0.3, 0.4) is 0 Å². The Hall–Kier alpha value is 0.290. The molecule has 0 atom stereocenters. The largest absolute Gasteiger partial charge is 0.126 e. The first-order valence-electron chi connectivity index (χ1n) is 8.82. The van der Waals surface area contributed by atoms with E-state index in [0.29, 0.717) is 5.41 Å². The van der Waals surface area contributed by atoms with Gasteiger partial charge in [0.05, 0.1) is 0 Å². The summed E-state index contributed by atoms with van der Waals surface area (Å²) in [6.07, 6.45) is 18.3. The highest BCUT2D eigenvalue weighted by Gasteiger charge is 2.33. The molecule has 0 nitrogen and oxygen atoms in total. The Morgan fingerprint density at radius 1 is 0.895 bits per heavy atom. The standard InChI is InChI=1S/C18H35Cl/c1-3-5-7-8-9-13-18(16-19)14-11-17(12-15-18)10-6-4-2/h17H,3-16H2,1-2H3. The monoisotopic (exact) mass is 286 g/mol. The molecule has 1 heteroatoms. The predicted octanol–water partition coefficient (Wildman–Crippen LogP) is 6.95. The first-order valence-corrected chi connectivity index (χ1v) is 9.35. The van der Waals surface area contributed by atoms with Crippen LogP contribution in [0.1, 0.15) is 97.3 Å². The van der Waals surface area contributed by atoms with Crippen molar-refractivity contribution in [3.63, 3.8) is 0 Å². The van der Waals surface area contributed by atoms with E-state index in [9.17, 15) is 0 Å². The Balaban J connectivity index is 2.22. The highest BCUT2D eigenvalue weighted by molar-refractivity contribution is 6.18. The second-order valence-corrected chi connectivity index (χ2v) is 7.15. The van der Waals surface area contributed by atoms with E-state index in [-0.39, 0.29) is 0 Å². The fourth-order valence-electron chi connectivity index (χ4n) is 3.63. The number of rotatable bonds is 10. The number of halogens is 1. The first-order chi connectivity index (χ1) is 9.26. The van der Waals surface area contributed by atoms with Crippen molar-refractivity contribution in [2.75, 3.05) is 5.88 Å². The van der Waals surface area contributed by atoms with Gasteiger partial charge in [0.1, 0.15) is 0 Å². The summed E-state index contributed by atoms with van der Waals surface area (Å²) >= 11 is 6.33. The van der Waals surface area contributed by atoms with Crippen molar-refractivity contribution in [2.24, 2.45) is 11.3 Å². The summed E-state index contributed by atoms with van der Waals surface area (Å²) in [6.45, 7) is 4.60. The van der Waals surface area contributed by atoms with E-state index >= 15 is 0 Å². The minimum Gasteiger partial charge on any atom is -0.126 e. The minimum absolute atomic E-state index is 0.510. The van der Waals surface area contributed by atoms with Gasteiger partial charge in [-0.05, 0) is 43.4 Å². The van der Waals surface area contributed by atoms with E-state index in [1.807, 2.05) is 0 Å². The van der Waals surface area contributed by atoms with E-state index in [2.05, 4.69) is 13.8 Å². The van der Waals surface area contributed by atoms with Crippen molar-refractivity contribution < 1.29 is 0 Å². The molecule has 0 aromatic heterocycles.